The van der Waals surface area contributed by atoms with Crippen LogP contribution in [0, 0.1) is 0 Å². The highest BCUT2D eigenvalue weighted by molar-refractivity contribution is 7.89. The lowest BCUT2D eigenvalue weighted by molar-refractivity contribution is 0.211. The number of nitrogens with two attached hydrogens (primary N) is 1. The Kier molecular flexibility index (Phi) is 4.85. The number of nitrogens with zero attached hydrogens (tertiary/aromatic N) is 2. The van der Waals surface area contributed by atoms with E-state index in [0.29, 0.717) is 0 Å². The van der Waals surface area contributed by atoms with Crippen LogP contribution in [-0.2, 0) is 10.0 Å². The second-order valence-electron chi connectivity index (χ2n) is 4.89. The Morgan fingerprint density at radius 2 is 2.35 bits per heavy atom. The van der Waals surface area contributed by atoms with Gasteiger partial charge in [0.25, 0.3) is 0 Å². The zero-order valence-corrected chi connectivity index (χ0v) is 12.9. The third-order valence-corrected chi connectivity index (χ3v) is 5.22. The predicted molar refractivity (Wildman–Crippen MR) is 79.1 cm³/mol. The van der Waals surface area contributed by atoms with Crippen LogP contribution in [0.4, 0.5) is 5.82 Å². The van der Waals surface area contributed by atoms with Crippen LogP contribution in [0.15, 0.2) is 17.2 Å². The minimum absolute atomic E-state index is 0.0466. The Balaban J connectivity index is 2.12. The minimum Gasteiger partial charge on any atom is -0.382 e. The highest BCUT2D eigenvalue weighted by Crippen LogP contribution is 2.20. The van der Waals surface area contributed by atoms with Crippen molar-refractivity contribution in [3.05, 3.63) is 17.3 Å². The molecule has 0 saturated carbocycles. The highest BCUT2D eigenvalue weighted by Gasteiger charge is 2.25. The van der Waals surface area contributed by atoms with Gasteiger partial charge in [0.05, 0.1) is 5.02 Å². The minimum atomic E-state index is -3.61. The first-order valence-electron chi connectivity index (χ1n) is 6.58. The number of rotatable bonds is 4. The number of pyridine rings is 1. The van der Waals surface area contributed by atoms with Gasteiger partial charge in [-0.05, 0) is 32.0 Å². The van der Waals surface area contributed by atoms with Crippen LogP contribution in [0.2, 0.25) is 5.02 Å². The summed E-state index contributed by atoms with van der Waals surface area (Å²) in [6.07, 6.45) is 3.05. The number of likely N-dealkylation sites (N-methyl/N-ethyl adjacent to an activating group) is 1. The maximum Gasteiger partial charge on any atom is 0.242 e. The van der Waals surface area contributed by atoms with Crippen molar-refractivity contribution in [1.29, 1.82) is 0 Å². The average Bonchev–Trinajstić information content (AvgIpc) is 2.41. The molecule has 1 fully saturated rings. The van der Waals surface area contributed by atoms with Crippen molar-refractivity contribution in [2.45, 2.75) is 30.7 Å². The number of hydrogen-bond acceptors (Lipinski definition) is 5. The molecule has 2 heterocycles. The monoisotopic (exact) mass is 318 g/mol. The van der Waals surface area contributed by atoms with Gasteiger partial charge in [0.15, 0.2) is 0 Å². The van der Waals surface area contributed by atoms with E-state index in [1.165, 1.54) is 12.3 Å². The Morgan fingerprint density at radius 3 is 3.00 bits per heavy atom. The molecule has 0 spiro atoms. The van der Waals surface area contributed by atoms with E-state index in [1.807, 2.05) is 0 Å². The van der Waals surface area contributed by atoms with Crippen molar-refractivity contribution in [2.75, 3.05) is 25.4 Å². The number of hydrogen-bond donors (Lipinski definition) is 2. The fourth-order valence-corrected chi connectivity index (χ4v) is 3.77. The van der Waals surface area contributed by atoms with Crippen LogP contribution in [0.1, 0.15) is 19.8 Å². The lowest BCUT2D eigenvalue weighted by Crippen LogP contribution is -2.47. The highest BCUT2D eigenvalue weighted by atomic mass is 35.5. The topological polar surface area (TPSA) is 88.3 Å². The fourth-order valence-electron chi connectivity index (χ4n) is 2.30. The number of nitrogens with one attached hydrogen (secondary N) is 1. The molecule has 1 atom stereocenters. The van der Waals surface area contributed by atoms with Crippen molar-refractivity contribution >= 4 is 27.4 Å². The van der Waals surface area contributed by atoms with E-state index in [1.54, 1.807) is 0 Å². The smallest absolute Gasteiger partial charge is 0.242 e. The molecule has 1 unspecified atom stereocenters. The first kappa shape index (κ1) is 15.5. The van der Waals surface area contributed by atoms with Gasteiger partial charge in [-0.25, -0.2) is 18.1 Å². The number of halogens is 1. The summed E-state index contributed by atoms with van der Waals surface area (Å²) in [6.45, 7) is 4.74. The van der Waals surface area contributed by atoms with Crippen LogP contribution in [0.3, 0.4) is 0 Å². The average molecular weight is 319 g/mol. The van der Waals surface area contributed by atoms with Gasteiger partial charge in [-0.1, -0.05) is 18.5 Å². The summed E-state index contributed by atoms with van der Waals surface area (Å²) in [7, 11) is -3.61. The fraction of sp³-hybridized carbons (Fsp3) is 0.583. The van der Waals surface area contributed by atoms with Crippen molar-refractivity contribution < 1.29 is 8.42 Å². The summed E-state index contributed by atoms with van der Waals surface area (Å²) in [5.41, 5.74) is 5.49. The number of likely N-dealkylation sites (tertiary alicyclic amines) is 1. The van der Waals surface area contributed by atoms with Crippen LogP contribution in [-0.4, -0.2) is 44.0 Å². The molecule has 0 aromatic carbocycles. The van der Waals surface area contributed by atoms with Gasteiger partial charge in [-0.2, -0.15) is 0 Å². The van der Waals surface area contributed by atoms with Crippen molar-refractivity contribution in [3.8, 4) is 0 Å². The molecule has 0 radical (unpaired) electrons. The molecule has 20 heavy (non-hydrogen) atoms. The van der Waals surface area contributed by atoms with E-state index in [9.17, 15) is 8.42 Å². The SMILES string of the molecule is CCN1CCCC(NS(=O)(=O)c2cnc(N)c(Cl)c2)C1. The van der Waals surface area contributed by atoms with Gasteiger partial charge < -0.3 is 10.6 Å². The maximum absolute atomic E-state index is 12.3. The molecule has 2 rings (SSSR count). The summed E-state index contributed by atoms with van der Waals surface area (Å²) >= 11 is 5.82. The summed E-state index contributed by atoms with van der Waals surface area (Å²) in [5.74, 6) is 0.125. The lowest BCUT2D eigenvalue weighted by Gasteiger charge is -2.32. The van der Waals surface area contributed by atoms with Crippen molar-refractivity contribution in [2.24, 2.45) is 0 Å². The molecule has 6 nitrogen and oxygen atoms in total. The molecule has 1 aromatic heterocycles. The number of nitrogen functional groups attached to an aromatic ring is 1. The van der Waals surface area contributed by atoms with Gasteiger partial charge in [0, 0.05) is 18.8 Å². The quantitative estimate of drug-likeness (QED) is 0.867. The molecule has 1 saturated heterocycles. The molecule has 3 N–H and O–H groups in total. The zero-order chi connectivity index (χ0) is 14.8. The van der Waals surface area contributed by atoms with E-state index >= 15 is 0 Å². The molecule has 1 aliphatic rings. The summed E-state index contributed by atoms with van der Waals surface area (Å²) in [5, 5.41) is 0.145. The number of anilines is 1. The van der Waals surface area contributed by atoms with Gasteiger partial charge in [-0.3, -0.25) is 0 Å². The van der Waals surface area contributed by atoms with Crippen LogP contribution >= 0.6 is 11.6 Å². The van der Waals surface area contributed by atoms with Crippen LogP contribution in [0.25, 0.3) is 0 Å². The van der Waals surface area contributed by atoms with E-state index in [-0.39, 0.29) is 21.8 Å². The van der Waals surface area contributed by atoms with Crippen molar-refractivity contribution in [1.82, 2.24) is 14.6 Å². The van der Waals surface area contributed by atoms with Gasteiger partial charge in [0.2, 0.25) is 10.0 Å². The van der Waals surface area contributed by atoms with E-state index in [4.69, 9.17) is 17.3 Å². The van der Waals surface area contributed by atoms with E-state index in [2.05, 4.69) is 21.5 Å². The second-order valence-corrected chi connectivity index (χ2v) is 7.01. The molecule has 0 aliphatic carbocycles. The zero-order valence-electron chi connectivity index (χ0n) is 11.3. The first-order chi connectivity index (χ1) is 9.42. The summed E-state index contributed by atoms with van der Waals surface area (Å²) < 4.78 is 27.3. The standard InChI is InChI=1S/C12H19ClN4O2S/c1-2-17-5-3-4-9(8-17)16-20(18,19)10-6-11(13)12(14)15-7-10/h6-7,9,16H,2-5,8H2,1H3,(H2,14,15). The molecule has 8 heteroatoms. The van der Waals surface area contributed by atoms with Crippen LogP contribution < -0.4 is 10.5 Å². The van der Waals surface area contributed by atoms with Gasteiger partial charge >= 0.3 is 0 Å². The third-order valence-electron chi connectivity index (χ3n) is 3.43. The van der Waals surface area contributed by atoms with Crippen LogP contribution in [0.5, 0.6) is 0 Å². The molecule has 112 valence electrons. The third kappa shape index (κ3) is 3.60. The van der Waals surface area contributed by atoms with Gasteiger partial charge in [0.1, 0.15) is 10.7 Å². The number of piperidine rings is 1. The Hall–Kier alpha value is -0.890. The largest absolute Gasteiger partial charge is 0.382 e. The second kappa shape index (κ2) is 6.26. The molecule has 0 bridgehead atoms. The predicted octanol–water partition coefficient (Wildman–Crippen LogP) is 1.08. The van der Waals surface area contributed by atoms with E-state index < -0.39 is 10.0 Å². The first-order valence-corrected chi connectivity index (χ1v) is 8.44. The summed E-state index contributed by atoms with van der Waals surface area (Å²) in [6, 6.07) is 1.25. The maximum atomic E-state index is 12.3. The Morgan fingerprint density at radius 1 is 1.60 bits per heavy atom. The Bertz CT molecular complexity index is 579. The van der Waals surface area contributed by atoms with Crippen molar-refractivity contribution in [3.63, 3.8) is 0 Å². The van der Waals surface area contributed by atoms with Gasteiger partial charge in [-0.15, -0.1) is 0 Å². The molecule has 1 aromatic rings. The Labute approximate surface area is 124 Å². The molecular formula is C12H19ClN4O2S. The summed E-state index contributed by atoms with van der Waals surface area (Å²) in [4.78, 5) is 6.06. The molecule has 0 amide bonds. The number of sulfonamides is 1. The number of aromatic nitrogens is 1. The normalized spacial score (nSPS) is 21.0. The molecular weight excluding hydrogens is 300 g/mol. The lowest BCUT2D eigenvalue weighted by atomic mass is 10.1. The molecule has 1 aliphatic heterocycles. The van der Waals surface area contributed by atoms with E-state index in [0.717, 1.165) is 32.5 Å².